The molecule has 0 heterocycles. The molecule has 3 aromatic rings. The number of halogens is 1. The number of hydrogen-bond acceptors (Lipinski definition) is 1. The maximum atomic E-state index is 6.16. The fourth-order valence-electron chi connectivity index (χ4n) is 2.42. The maximum absolute atomic E-state index is 6.16. The van der Waals surface area contributed by atoms with Crippen LogP contribution in [0.1, 0.15) is 5.56 Å². The van der Waals surface area contributed by atoms with Gasteiger partial charge in [-0.15, -0.1) is 0 Å². The first kappa shape index (κ1) is 13.7. The van der Waals surface area contributed by atoms with Gasteiger partial charge in [-0.1, -0.05) is 54.1 Å². The predicted octanol–water partition coefficient (Wildman–Crippen LogP) is 5.78. The van der Waals surface area contributed by atoms with Gasteiger partial charge in [-0.2, -0.15) is 0 Å². The van der Waals surface area contributed by atoms with E-state index in [9.17, 15) is 0 Å². The molecule has 21 heavy (non-hydrogen) atoms. The summed E-state index contributed by atoms with van der Waals surface area (Å²) in [6, 6.07) is 20.7. The summed E-state index contributed by atoms with van der Waals surface area (Å²) < 4.78 is 5.02. The Morgan fingerprint density at radius 3 is 2.52 bits per heavy atom. The molecule has 3 rings (SSSR count). The summed E-state index contributed by atoms with van der Waals surface area (Å²) in [6.07, 6.45) is 3.62. The lowest BCUT2D eigenvalue weighted by molar-refractivity contribution is 0.341. The van der Waals surface area contributed by atoms with Crippen molar-refractivity contribution in [2.24, 2.45) is 0 Å². The van der Waals surface area contributed by atoms with Gasteiger partial charge in [-0.3, -0.25) is 0 Å². The molecule has 0 saturated carbocycles. The summed E-state index contributed by atoms with van der Waals surface area (Å²) in [6.45, 7) is 0. The van der Waals surface area contributed by atoms with Crippen molar-refractivity contribution in [3.8, 4) is 11.1 Å². The number of rotatable bonds is 3. The average Bonchev–Trinajstić information content (AvgIpc) is 2.53. The van der Waals surface area contributed by atoms with Crippen molar-refractivity contribution >= 4 is 28.4 Å². The second kappa shape index (κ2) is 6.02. The predicted molar refractivity (Wildman–Crippen MR) is 90.4 cm³/mol. The Hall–Kier alpha value is -2.25. The Bertz CT molecular complexity index is 806. The molecular weight excluding hydrogens is 280 g/mol. The van der Waals surface area contributed by atoms with Gasteiger partial charge in [0.2, 0.25) is 0 Å². The first-order chi connectivity index (χ1) is 10.3. The summed E-state index contributed by atoms with van der Waals surface area (Å²) in [5.41, 5.74) is 3.32. The molecule has 0 aliphatic carbocycles. The number of benzene rings is 3. The van der Waals surface area contributed by atoms with Gasteiger partial charge in [0, 0.05) is 5.02 Å². The summed E-state index contributed by atoms with van der Waals surface area (Å²) in [4.78, 5) is 0. The lowest BCUT2D eigenvalue weighted by Crippen LogP contribution is -1.85. The highest BCUT2D eigenvalue weighted by atomic mass is 35.5. The number of methoxy groups -OCH3 is 1. The minimum atomic E-state index is 0.729. The largest absolute Gasteiger partial charge is 0.504 e. The van der Waals surface area contributed by atoms with Crippen LogP contribution < -0.4 is 0 Å². The van der Waals surface area contributed by atoms with Gasteiger partial charge in [0.1, 0.15) is 0 Å². The standard InChI is InChI=1S/C19H15ClO/c1-21-11-10-15-8-9-18(20)13-19(15)17-7-6-14-4-2-3-5-16(14)12-17/h2-13H,1H3/b11-10+. The zero-order chi connectivity index (χ0) is 14.7. The molecule has 0 amide bonds. The van der Waals surface area contributed by atoms with Crippen LogP contribution in [0.2, 0.25) is 5.02 Å². The van der Waals surface area contributed by atoms with Gasteiger partial charge in [0.15, 0.2) is 0 Å². The zero-order valence-electron chi connectivity index (χ0n) is 11.7. The molecule has 0 unspecified atom stereocenters. The van der Waals surface area contributed by atoms with Crippen LogP contribution in [-0.2, 0) is 4.74 Å². The van der Waals surface area contributed by atoms with Gasteiger partial charge in [-0.05, 0) is 51.7 Å². The van der Waals surface area contributed by atoms with Crippen LogP contribution in [0.4, 0.5) is 0 Å². The number of fused-ring (bicyclic) bond motifs is 1. The van der Waals surface area contributed by atoms with E-state index >= 15 is 0 Å². The molecule has 0 radical (unpaired) electrons. The maximum Gasteiger partial charge on any atom is 0.0830 e. The fraction of sp³-hybridized carbons (Fsp3) is 0.0526. The van der Waals surface area contributed by atoms with Gasteiger partial charge >= 0.3 is 0 Å². The Balaban J connectivity index is 2.16. The van der Waals surface area contributed by atoms with E-state index in [1.165, 1.54) is 10.8 Å². The number of hydrogen-bond donors (Lipinski definition) is 0. The Labute approximate surface area is 129 Å². The van der Waals surface area contributed by atoms with Gasteiger partial charge < -0.3 is 4.74 Å². The van der Waals surface area contributed by atoms with E-state index in [1.807, 2.05) is 30.3 Å². The summed E-state index contributed by atoms with van der Waals surface area (Å²) in [5, 5.41) is 3.18. The average molecular weight is 295 g/mol. The van der Waals surface area contributed by atoms with Crippen LogP contribution in [0.25, 0.3) is 28.0 Å². The van der Waals surface area contributed by atoms with Gasteiger partial charge in [0.25, 0.3) is 0 Å². The van der Waals surface area contributed by atoms with Gasteiger partial charge in [0.05, 0.1) is 13.4 Å². The highest BCUT2D eigenvalue weighted by Crippen LogP contribution is 2.30. The first-order valence-electron chi connectivity index (χ1n) is 6.76. The highest BCUT2D eigenvalue weighted by Gasteiger charge is 2.05. The van der Waals surface area contributed by atoms with Crippen LogP contribution in [0.15, 0.2) is 66.9 Å². The van der Waals surface area contributed by atoms with Crippen LogP contribution in [0.3, 0.4) is 0 Å². The third-order valence-electron chi connectivity index (χ3n) is 3.46. The zero-order valence-corrected chi connectivity index (χ0v) is 12.5. The molecule has 0 aromatic heterocycles. The normalized spacial score (nSPS) is 11.1. The van der Waals surface area contributed by atoms with E-state index in [0.29, 0.717) is 0 Å². The molecule has 2 heteroatoms. The highest BCUT2D eigenvalue weighted by molar-refractivity contribution is 6.31. The quantitative estimate of drug-likeness (QED) is 0.557. The Morgan fingerprint density at radius 2 is 1.71 bits per heavy atom. The van der Waals surface area contributed by atoms with Crippen LogP contribution in [0, 0.1) is 0 Å². The van der Waals surface area contributed by atoms with Crippen molar-refractivity contribution < 1.29 is 4.74 Å². The lowest BCUT2D eigenvalue weighted by Gasteiger charge is -2.09. The van der Waals surface area contributed by atoms with E-state index in [4.69, 9.17) is 16.3 Å². The molecule has 0 fully saturated rings. The fourth-order valence-corrected chi connectivity index (χ4v) is 2.59. The van der Waals surface area contributed by atoms with Gasteiger partial charge in [-0.25, -0.2) is 0 Å². The van der Waals surface area contributed by atoms with Crippen LogP contribution in [0.5, 0.6) is 0 Å². The van der Waals surface area contributed by atoms with Crippen LogP contribution >= 0.6 is 11.6 Å². The smallest absolute Gasteiger partial charge is 0.0830 e. The van der Waals surface area contributed by atoms with E-state index in [1.54, 1.807) is 13.4 Å². The van der Waals surface area contributed by atoms with E-state index in [-0.39, 0.29) is 0 Å². The molecule has 0 saturated heterocycles. The second-order valence-electron chi connectivity index (χ2n) is 4.83. The molecular formula is C19H15ClO. The molecule has 0 spiro atoms. The van der Waals surface area contributed by atoms with Crippen molar-refractivity contribution in [1.29, 1.82) is 0 Å². The summed E-state index contributed by atoms with van der Waals surface area (Å²) in [7, 11) is 1.64. The van der Waals surface area contributed by atoms with Crippen LogP contribution in [-0.4, -0.2) is 7.11 Å². The third kappa shape index (κ3) is 2.93. The van der Waals surface area contributed by atoms with Crippen molar-refractivity contribution in [2.45, 2.75) is 0 Å². The first-order valence-corrected chi connectivity index (χ1v) is 7.14. The Morgan fingerprint density at radius 1 is 0.905 bits per heavy atom. The Kier molecular flexibility index (Phi) is 3.94. The topological polar surface area (TPSA) is 9.23 Å². The second-order valence-corrected chi connectivity index (χ2v) is 5.27. The molecule has 3 aromatic carbocycles. The van der Waals surface area contributed by atoms with E-state index in [2.05, 4.69) is 36.4 Å². The monoisotopic (exact) mass is 294 g/mol. The van der Waals surface area contributed by atoms with E-state index in [0.717, 1.165) is 21.7 Å². The lowest BCUT2D eigenvalue weighted by atomic mass is 9.97. The van der Waals surface area contributed by atoms with Crippen molar-refractivity contribution in [1.82, 2.24) is 0 Å². The molecule has 0 N–H and O–H groups in total. The SMILES string of the molecule is CO/C=C/c1ccc(Cl)cc1-c1ccc2ccccc2c1. The van der Waals surface area contributed by atoms with Crippen molar-refractivity contribution in [3.05, 3.63) is 77.5 Å². The number of ether oxygens (including phenoxy) is 1. The third-order valence-corrected chi connectivity index (χ3v) is 3.69. The molecule has 0 aliphatic heterocycles. The summed E-state index contributed by atoms with van der Waals surface area (Å²) in [5.74, 6) is 0. The minimum absolute atomic E-state index is 0.729. The molecule has 1 nitrogen and oxygen atoms in total. The van der Waals surface area contributed by atoms with E-state index < -0.39 is 0 Å². The van der Waals surface area contributed by atoms with Crippen molar-refractivity contribution in [2.75, 3.05) is 7.11 Å². The molecule has 0 aliphatic rings. The summed E-state index contributed by atoms with van der Waals surface area (Å²) >= 11 is 6.16. The molecule has 0 bridgehead atoms. The van der Waals surface area contributed by atoms with Crippen molar-refractivity contribution in [3.63, 3.8) is 0 Å². The molecule has 0 atom stereocenters. The molecule has 104 valence electrons. The minimum Gasteiger partial charge on any atom is -0.504 e.